The van der Waals surface area contributed by atoms with Crippen molar-refractivity contribution in [3.63, 3.8) is 0 Å². The molecule has 2 heterocycles. The molecule has 1 aromatic heterocycles. The van der Waals surface area contributed by atoms with Crippen LogP contribution in [0.15, 0.2) is 48.8 Å². The summed E-state index contributed by atoms with van der Waals surface area (Å²) in [5, 5.41) is 0. The number of nitrogens with zero attached hydrogens (tertiary/aromatic N) is 2. The third-order valence-corrected chi connectivity index (χ3v) is 3.89. The Morgan fingerprint density at radius 2 is 1.65 bits per heavy atom. The third kappa shape index (κ3) is 2.59. The molecule has 104 valence electrons. The third-order valence-electron chi connectivity index (χ3n) is 3.89. The molecule has 20 heavy (non-hydrogen) atoms. The maximum atomic E-state index is 12.9. The van der Waals surface area contributed by atoms with E-state index in [0.717, 1.165) is 25.9 Å². The first-order valence-electron chi connectivity index (χ1n) is 6.91. The number of carbonyl (C=O) groups is 1. The summed E-state index contributed by atoms with van der Waals surface area (Å²) in [5.41, 5.74) is 0.561. The molecule has 0 N–H and O–H groups in total. The van der Waals surface area contributed by atoms with Crippen molar-refractivity contribution in [2.45, 2.75) is 18.9 Å². The Balaban J connectivity index is 1.63. The summed E-state index contributed by atoms with van der Waals surface area (Å²) in [6, 6.07) is 10.3. The lowest BCUT2D eigenvalue weighted by Crippen LogP contribution is -2.38. The van der Waals surface area contributed by atoms with Gasteiger partial charge in [-0.25, -0.2) is 4.39 Å². The SMILES string of the molecule is O=C(c1ccc(F)cc1)N1CCC(n2cccc2)CC1. The summed E-state index contributed by atoms with van der Waals surface area (Å²) in [4.78, 5) is 14.2. The summed E-state index contributed by atoms with van der Waals surface area (Å²) in [7, 11) is 0. The van der Waals surface area contributed by atoms with Gasteiger partial charge in [0.05, 0.1) is 0 Å². The van der Waals surface area contributed by atoms with Crippen molar-refractivity contribution in [3.05, 3.63) is 60.2 Å². The van der Waals surface area contributed by atoms with Gasteiger partial charge in [-0.3, -0.25) is 4.79 Å². The first-order chi connectivity index (χ1) is 9.74. The minimum Gasteiger partial charge on any atom is -0.351 e. The highest BCUT2D eigenvalue weighted by Crippen LogP contribution is 2.23. The molecule has 1 aromatic carbocycles. The van der Waals surface area contributed by atoms with Crippen molar-refractivity contribution in [2.75, 3.05) is 13.1 Å². The van der Waals surface area contributed by atoms with E-state index >= 15 is 0 Å². The predicted molar refractivity (Wildman–Crippen MR) is 75.0 cm³/mol. The van der Waals surface area contributed by atoms with Crippen molar-refractivity contribution in [3.8, 4) is 0 Å². The molecule has 0 saturated carbocycles. The largest absolute Gasteiger partial charge is 0.351 e. The van der Waals surface area contributed by atoms with Gasteiger partial charge in [0.2, 0.25) is 0 Å². The summed E-state index contributed by atoms with van der Waals surface area (Å²) in [5.74, 6) is -0.316. The van der Waals surface area contributed by atoms with Crippen LogP contribution in [0.5, 0.6) is 0 Å². The second-order valence-corrected chi connectivity index (χ2v) is 5.16. The van der Waals surface area contributed by atoms with E-state index in [-0.39, 0.29) is 11.7 Å². The van der Waals surface area contributed by atoms with E-state index in [9.17, 15) is 9.18 Å². The molecule has 1 fully saturated rings. The standard InChI is InChI=1S/C16H17FN2O/c17-14-5-3-13(4-6-14)16(20)19-11-7-15(8-12-19)18-9-1-2-10-18/h1-6,9-10,15H,7-8,11-12H2. The monoisotopic (exact) mass is 272 g/mol. The molecule has 1 aliphatic heterocycles. The average Bonchev–Trinajstić information content (AvgIpc) is 3.02. The van der Waals surface area contributed by atoms with Gasteiger partial charge in [-0.15, -0.1) is 0 Å². The van der Waals surface area contributed by atoms with Gasteiger partial charge in [-0.1, -0.05) is 0 Å². The second kappa shape index (κ2) is 5.49. The van der Waals surface area contributed by atoms with Crippen molar-refractivity contribution in [1.29, 1.82) is 0 Å². The fourth-order valence-electron chi connectivity index (χ4n) is 2.73. The zero-order valence-corrected chi connectivity index (χ0v) is 11.2. The Labute approximate surface area is 117 Å². The topological polar surface area (TPSA) is 25.2 Å². The van der Waals surface area contributed by atoms with E-state index in [4.69, 9.17) is 0 Å². The van der Waals surface area contributed by atoms with E-state index < -0.39 is 0 Å². The zero-order valence-electron chi connectivity index (χ0n) is 11.2. The molecule has 3 rings (SSSR count). The number of hydrogen-bond donors (Lipinski definition) is 0. The maximum absolute atomic E-state index is 12.9. The molecule has 0 bridgehead atoms. The fourth-order valence-corrected chi connectivity index (χ4v) is 2.73. The van der Waals surface area contributed by atoms with E-state index in [0.29, 0.717) is 11.6 Å². The Morgan fingerprint density at radius 3 is 2.25 bits per heavy atom. The Bertz CT molecular complexity index is 569. The second-order valence-electron chi connectivity index (χ2n) is 5.16. The van der Waals surface area contributed by atoms with Gasteiger partial charge in [-0.05, 0) is 49.2 Å². The normalized spacial score (nSPS) is 16.4. The van der Waals surface area contributed by atoms with Crippen LogP contribution in [0.2, 0.25) is 0 Å². The molecule has 0 aliphatic carbocycles. The van der Waals surface area contributed by atoms with Gasteiger partial charge in [0.25, 0.3) is 5.91 Å². The summed E-state index contributed by atoms with van der Waals surface area (Å²) < 4.78 is 15.1. The zero-order chi connectivity index (χ0) is 13.9. The molecule has 0 radical (unpaired) electrons. The fraction of sp³-hybridized carbons (Fsp3) is 0.312. The van der Waals surface area contributed by atoms with Crippen LogP contribution in [0.4, 0.5) is 4.39 Å². The molecular formula is C16H17FN2O. The Morgan fingerprint density at radius 1 is 1.05 bits per heavy atom. The molecule has 0 spiro atoms. The van der Waals surface area contributed by atoms with Crippen LogP contribution >= 0.6 is 0 Å². The van der Waals surface area contributed by atoms with Crippen molar-refractivity contribution in [2.24, 2.45) is 0 Å². The number of likely N-dealkylation sites (tertiary alicyclic amines) is 1. The minimum atomic E-state index is -0.312. The van der Waals surface area contributed by atoms with Gasteiger partial charge in [0, 0.05) is 37.1 Å². The number of piperidine rings is 1. The van der Waals surface area contributed by atoms with Crippen LogP contribution in [0.1, 0.15) is 29.2 Å². The quantitative estimate of drug-likeness (QED) is 0.824. The Kier molecular flexibility index (Phi) is 3.54. The minimum absolute atomic E-state index is 0.00374. The smallest absolute Gasteiger partial charge is 0.253 e. The molecule has 1 saturated heterocycles. The number of amides is 1. The highest BCUT2D eigenvalue weighted by molar-refractivity contribution is 5.94. The van der Waals surface area contributed by atoms with Gasteiger partial charge in [0.15, 0.2) is 0 Å². The molecule has 1 aliphatic rings. The molecule has 0 unspecified atom stereocenters. The highest BCUT2D eigenvalue weighted by atomic mass is 19.1. The van der Waals surface area contributed by atoms with Crippen LogP contribution in [-0.2, 0) is 0 Å². The van der Waals surface area contributed by atoms with Gasteiger partial charge >= 0.3 is 0 Å². The number of halogens is 1. The van der Waals surface area contributed by atoms with Crippen molar-refractivity contribution < 1.29 is 9.18 Å². The molecule has 3 nitrogen and oxygen atoms in total. The summed E-state index contributed by atoms with van der Waals surface area (Å²) in [6.45, 7) is 1.50. The first kappa shape index (κ1) is 12.9. The number of carbonyl (C=O) groups excluding carboxylic acids is 1. The molecule has 1 amide bonds. The molecule has 2 aromatic rings. The van der Waals surface area contributed by atoms with E-state index in [1.165, 1.54) is 12.1 Å². The number of hydrogen-bond acceptors (Lipinski definition) is 1. The highest BCUT2D eigenvalue weighted by Gasteiger charge is 2.24. The number of aromatic nitrogens is 1. The van der Waals surface area contributed by atoms with Crippen LogP contribution in [0.25, 0.3) is 0 Å². The molecule has 0 atom stereocenters. The summed E-state index contributed by atoms with van der Waals surface area (Å²) in [6.07, 6.45) is 6.06. The van der Waals surface area contributed by atoms with Crippen molar-refractivity contribution >= 4 is 5.91 Å². The van der Waals surface area contributed by atoms with Crippen LogP contribution in [-0.4, -0.2) is 28.5 Å². The Hall–Kier alpha value is -2.10. The van der Waals surface area contributed by atoms with Crippen LogP contribution in [0.3, 0.4) is 0 Å². The number of benzene rings is 1. The van der Waals surface area contributed by atoms with Crippen molar-refractivity contribution in [1.82, 2.24) is 9.47 Å². The van der Waals surface area contributed by atoms with Gasteiger partial charge in [-0.2, -0.15) is 0 Å². The first-order valence-corrected chi connectivity index (χ1v) is 6.91. The molecular weight excluding hydrogens is 255 g/mol. The predicted octanol–water partition coefficient (Wildman–Crippen LogP) is 3.10. The average molecular weight is 272 g/mol. The lowest BCUT2D eigenvalue weighted by Gasteiger charge is -2.32. The lowest BCUT2D eigenvalue weighted by atomic mass is 10.0. The summed E-state index contributed by atoms with van der Waals surface area (Å²) >= 11 is 0. The maximum Gasteiger partial charge on any atom is 0.253 e. The van der Waals surface area contributed by atoms with Crippen LogP contribution < -0.4 is 0 Å². The molecule has 4 heteroatoms. The van der Waals surface area contributed by atoms with E-state index in [2.05, 4.69) is 17.0 Å². The van der Waals surface area contributed by atoms with Gasteiger partial charge < -0.3 is 9.47 Å². The number of rotatable bonds is 2. The van der Waals surface area contributed by atoms with E-state index in [1.54, 1.807) is 12.1 Å². The van der Waals surface area contributed by atoms with Gasteiger partial charge in [0.1, 0.15) is 5.82 Å². The lowest BCUT2D eigenvalue weighted by molar-refractivity contribution is 0.0694. The van der Waals surface area contributed by atoms with E-state index in [1.807, 2.05) is 17.0 Å². The van der Waals surface area contributed by atoms with Crippen LogP contribution in [0, 0.1) is 5.82 Å².